The van der Waals surface area contributed by atoms with Crippen LogP contribution in [-0.2, 0) is 23.1 Å². The van der Waals surface area contributed by atoms with E-state index >= 15 is 0 Å². The van der Waals surface area contributed by atoms with Gasteiger partial charge in [0.2, 0.25) is 15.8 Å². The number of benzene rings is 1. The molecule has 1 amide bonds. The summed E-state index contributed by atoms with van der Waals surface area (Å²) in [5, 5.41) is 15.7. The van der Waals surface area contributed by atoms with E-state index in [0.717, 1.165) is 30.6 Å². The van der Waals surface area contributed by atoms with Crippen LogP contribution in [-0.4, -0.2) is 58.9 Å². The fourth-order valence-corrected chi connectivity index (χ4v) is 5.11. The Morgan fingerprint density at radius 1 is 1.23 bits per heavy atom. The molecule has 35 heavy (non-hydrogen) atoms. The lowest BCUT2D eigenvalue weighted by Gasteiger charge is -2.11. The van der Waals surface area contributed by atoms with Gasteiger partial charge in [0.1, 0.15) is 11.4 Å². The first-order chi connectivity index (χ1) is 16.7. The van der Waals surface area contributed by atoms with Gasteiger partial charge >= 0.3 is 0 Å². The number of nitrogens with one attached hydrogen (secondary N) is 2. The van der Waals surface area contributed by atoms with Gasteiger partial charge in [-0.2, -0.15) is 4.80 Å². The van der Waals surface area contributed by atoms with Crippen LogP contribution in [0.5, 0.6) is 5.75 Å². The zero-order valence-electron chi connectivity index (χ0n) is 19.9. The quantitative estimate of drug-likeness (QED) is 0.453. The van der Waals surface area contributed by atoms with E-state index in [1.54, 1.807) is 20.1 Å². The zero-order valence-corrected chi connectivity index (χ0v) is 20.7. The number of carbonyl (C=O) groups is 1. The summed E-state index contributed by atoms with van der Waals surface area (Å²) in [6, 6.07) is 10.9. The van der Waals surface area contributed by atoms with Crippen molar-refractivity contribution >= 4 is 15.9 Å². The predicted octanol–water partition coefficient (Wildman–Crippen LogP) is 1.70. The molecular formula is C23H29N7O4S. The minimum atomic E-state index is -3.22. The van der Waals surface area contributed by atoms with Gasteiger partial charge in [-0.25, -0.2) is 18.1 Å². The highest BCUT2D eigenvalue weighted by Gasteiger charge is 2.27. The molecule has 2 atom stereocenters. The average molecular weight is 500 g/mol. The SMILES string of the molecule is COc1cccc(CNC(=O)c2cc(-c3nnn(C[C@H]4CC[C@@H](NS(C)(=O)=O)C4)n3)cc(C)n2)c1. The number of nitrogens with zero attached hydrogens (tertiary/aromatic N) is 5. The topological polar surface area (TPSA) is 141 Å². The summed E-state index contributed by atoms with van der Waals surface area (Å²) >= 11 is 0. The van der Waals surface area contributed by atoms with Gasteiger partial charge in [0.15, 0.2) is 0 Å². The van der Waals surface area contributed by atoms with E-state index in [4.69, 9.17) is 4.74 Å². The van der Waals surface area contributed by atoms with Crippen molar-refractivity contribution in [3.63, 3.8) is 0 Å². The van der Waals surface area contributed by atoms with Crippen molar-refractivity contribution in [2.45, 2.75) is 45.3 Å². The molecule has 3 aromatic rings. The molecule has 2 N–H and O–H groups in total. The molecule has 0 bridgehead atoms. The Bertz CT molecular complexity index is 1310. The van der Waals surface area contributed by atoms with Crippen LogP contribution in [0.3, 0.4) is 0 Å². The summed E-state index contributed by atoms with van der Waals surface area (Å²) in [5.41, 5.74) is 2.50. The first kappa shape index (κ1) is 24.7. The normalized spacial score (nSPS) is 17.9. The Kier molecular flexibility index (Phi) is 7.41. The number of tetrazole rings is 1. The van der Waals surface area contributed by atoms with E-state index in [1.807, 2.05) is 30.3 Å². The van der Waals surface area contributed by atoms with Gasteiger partial charge in [-0.3, -0.25) is 4.79 Å². The summed E-state index contributed by atoms with van der Waals surface area (Å²) in [6.07, 6.45) is 3.58. The van der Waals surface area contributed by atoms with Gasteiger partial charge in [0, 0.05) is 23.8 Å². The Hall–Kier alpha value is -3.38. The second-order valence-electron chi connectivity index (χ2n) is 8.85. The molecule has 12 heteroatoms. The summed E-state index contributed by atoms with van der Waals surface area (Å²) in [7, 11) is -1.62. The molecule has 0 radical (unpaired) electrons. The van der Waals surface area contributed by atoms with Crippen LogP contribution in [0.1, 0.15) is 41.0 Å². The molecule has 11 nitrogen and oxygen atoms in total. The predicted molar refractivity (Wildman–Crippen MR) is 129 cm³/mol. The van der Waals surface area contributed by atoms with Crippen molar-refractivity contribution in [1.29, 1.82) is 0 Å². The lowest BCUT2D eigenvalue weighted by atomic mass is 10.1. The number of amides is 1. The van der Waals surface area contributed by atoms with E-state index in [2.05, 4.69) is 30.4 Å². The molecule has 1 fully saturated rings. The fraction of sp³-hybridized carbons (Fsp3) is 0.435. The van der Waals surface area contributed by atoms with Crippen LogP contribution < -0.4 is 14.8 Å². The van der Waals surface area contributed by atoms with E-state index in [0.29, 0.717) is 30.2 Å². The monoisotopic (exact) mass is 499 g/mol. The number of pyridine rings is 1. The number of ether oxygens (including phenoxy) is 1. The molecule has 2 aromatic heterocycles. The van der Waals surface area contributed by atoms with E-state index < -0.39 is 10.0 Å². The molecule has 1 saturated carbocycles. The molecule has 0 unspecified atom stereocenters. The number of hydrogen-bond acceptors (Lipinski definition) is 8. The molecule has 0 saturated heterocycles. The lowest BCUT2D eigenvalue weighted by molar-refractivity contribution is 0.0945. The highest BCUT2D eigenvalue weighted by atomic mass is 32.2. The number of sulfonamides is 1. The fourth-order valence-electron chi connectivity index (χ4n) is 4.29. The van der Waals surface area contributed by atoms with Crippen LogP contribution in [0.25, 0.3) is 11.4 Å². The van der Waals surface area contributed by atoms with Crippen molar-refractivity contribution in [3.05, 3.63) is 53.3 Å². The van der Waals surface area contributed by atoms with E-state index in [9.17, 15) is 13.2 Å². The third kappa shape index (κ3) is 6.83. The summed E-state index contributed by atoms with van der Waals surface area (Å²) in [6.45, 7) is 2.69. The minimum absolute atomic E-state index is 0.0566. The molecule has 4 rings (SSSR count). The van der Waals surface area contributed by atoms with Crippen molar-refractivity contribution in [3.8, 4) is 17.1 Å². The van der Waals surface area contributed by atoms with Crippen LogP contribution >= 0.6 is 0 Å². The highest BCUT2D eigenvalue weighted by molar-refractivity contribution is 7.88. The molecule has 0 aliphatic heterocycles. The molecule has 2 heterocycles. The number of carbonyl (C=O) groups excluding carboxylic acids is 1. The molecule has 186 valence electrons. The third-order valence-electron chi connectivity index (χ3n) is 5.83. The van der Waals surface area contributed by atoms with Crippen molar-refractivity contribution in [2.75, 3.05) is 13.4 Å². The average Bonchev–Trinajstić information content (AvgIpc) is 3.45. The van der Waals surface area contributed by atoms with E-state index in [1.165, 1.54) is 11.1 Å². The first-order valence-electron chi connectivity index (χ1n) is 11.3. The Morgan fingerprint density at radius 2 is 2.06 bits per heavy atom. The zero-order chi connectivity index (χ0) is 25.0. The number of aromatic nitrogens is 5. The van der Waals surface area contributed by atoms with Gasteiger partial charge in [-0.1, -0.05) is 12.1 Å². The van der Waals surface area contributed by atoms with E-state index in [-0.39, 0.29) is 23.6 Å². The molecule has 1 aliphatic carbocycles. The lowest BCUT2D eigenvalue weighted by Crippen LogP contribution is -2.32. The summed E-state index contributed by atoms with van der Waals surface area (Å²) in [5.74, 6) is 1.08. The Balaban J connectivity index is 1.40. The maximum Gasteiger partial charge on any atom is 0.270 e. The molecule has 1 aromatic carbocycles. The summed E-state index contributed by atoms with van der Waals surface area (Å²) < 4.78 is 30.8. The Labute approximate surface area is 204 Å². The largest absolute Gasteiger partial charge is 0.497 e. The van der Waals surface area contributed by atoms with Gasteiger partial charge in [-0.05, 0) is 67.1 Å². The number of rotatable bonds is 9. The van der Waals surface area contributed by atoms with Crippen LogP contribution in [0.4, 0.5) is 0 Å². The number of aryl methyl sites for hydroxylation is 1. The standard InChI is InChI=1S/C23H29N7O4S/c1-15-9-18(12-21(25-15)23(31)24-13-16-5-4-6-20(11-16)34-2)22-26-29-30(27-22)14-17-7-8-19(10-17)28-35(3,32)33/h4-6,9,11-12,17,19,28H,7-8,10,13-14H2,1-3H3,(H,24,31)/t17-,19+/m0/s1. The number of methoxy groups -OCH3 is 1. The third-order valence-corrected chi connectivity index (χ3v) is 6.59. The van der Waals surface area contributed by atoms with Gasteiger partial charge in [-0.15, -0.1) is 10.2 Å². The van der Waals surface area contributed by atoms with Crippen LogP contribution in [0.2, 0.25) is 0 Å². The Morgan fingerprint density at radius 3 is 2.83 bits per heavy atom. The second kappa shape index (κ2) is 10.5. The maximum atomic E-state index is 12.8. The second-order valence-corrected chi connectivity index (χ2v) is 10.6. The first-order valence-corrected chi connectivity index (χ1v) is 13.2. The van der Waals surface area contributed by atoms with Gasteiger partial charge in [0.25, 0.3) is 5.91 Å². The van der Waals surface area contributed by atoms with Gasteiger partial charge < -0.3 is 10.1 Å². The highest BCUT2D eigenvalue weighted by Crippen LogP contribution is 2.27. The van der Waals surface area contributed by atoms with Crippen molar-refractivity contribution in [1.82, 2.24) is 35.2 Å². The molecule has 1 aliphatic rings. The molecular weight excluding hydrogens is 470 g/mol. The van der Waals surface area contributed by atoms with Crippen LogP contribution in [0, 0.1) is 12.8 Å². The van der Waals surface area contributed by atoms with Crippen molar-refractivity contribution < 1.29 is 17.9 Å². The maximum absolute atomic E-state index is 12.8. The summed E-state index contributed by atoms with van der Waals surface area (Å²) in [4.78, 5) is 18.6. The molecule has 0 spiro atoms. The van der Waals surface area contributed by atoms with Crippen LogP contribution in [0.15, 0.2) is 36.4 Å². The minimum Gasteiger partial charge on any atom is -0.497 e. The smallest absolute Gasteiger partial charge is 0.270 e. The van der Waals surface area contributed by atoms with Crippen molar-refractivity contribution in [2.24, 2.45) is 5.92 Å². The number of hydrogen-bond donors (Lipinski definition) is 2. The van der Waals surface area contributed by atoms with Gasteiger partial charge in [0.05, 0.1) is 19.9 Å².